The van der Waals surface area contributed by atoms with Gasteiger partial charge in [0.25, 0.3) is 0 Å². The SMILES string of the molecule is Clc1cc(CN2CCCC2)ncn1. The highest BCUT2D eigenvalue weighted by molar-refractivity contribution is 6.29. The molecule has 3 nitrogen and oxygen atoms in total. The molecule has 2 rings (SSSR count). The lowest BCUT2D eigenvalue weighted by Gasteiger charge is -2.13. The molecule has 0 unspecified atom stereocenters. The highest BCUT2D eigenvalue weighted by Crippen LogP contribution is 2.12. The first-order valence-corrected chi connectivity index (χ1v) is 4.91. The average Bonchev–Trinajstić information content (AvgIpc) is 2.57. The lowest BCUT2D eigenvalue weighted by molar-refractivity contribution is 0.327. The molecule has 0 bridgehead atoms. The van der Waals surface area contributed by atoms with Crippen molar-refractivity contribution in [2.75, 3.05) is 13.1 Å². The Morgan fingerprint density at radius 1 is 1.31 bits per heavy atom. The van der Waals surface area contributed by atoms with E-state index < -0.39 is 0 Å². The summed E-state index contributed by atoms with van der Waals surface area (Å²) in [7, 11) is 0. The van der Waals surface area contributed by atoms with Gasteiger partial charge in [0, 0.05) is 6.54 Å². The predicted octanol–water partition coefficient (Wildman–Crippen LogP) is 1.73. The topological polar surface area (TPSA) is 29.0 Å². The van der Waals surface area contributed by atoms with E-state index in [0.717, 1.165) is 12.2 Å². The van der Waals surface area contributed by atoms with E-state index >= 15 is 0 Å². The first-order chi connectivity index (χ1) is 6.34. The summed E-state index contributed by atoms with van der Waals surface area (Å²) in [4.78, 5) is 10.4. The molecule has 1 fully saturated rings. The van der Waals surface area contributed by atoms with Crippen molar-refractivity contribution in [3.8, 4) is 0 Å². The van der Waals surface area contributed by atoms with Gasteiger partial charge in [-0.1, -0.05) is 11.6 Å². The fraction of sp³-hybridized carbons (Fsp3) is 0.556. The summed E-state index contributed by atoms with van der Waals surface area (Å²) in [5, 5.41) is 0.532. The second-order valence-electron chi connectivity index (χ2n) is 3.32. The van der Waals surface area contributed by atoms with Crippen molar-refractivity contribution in [2.45, 2.75) is 19.4 Å². The molecule has 0 aromatic carbocycles. The molecule has 13 heavy (non-hydrogen) atoms. The number of rotatable bonds is 2. The minimum Gasteiger partial charge on any atom is -0.298 e. The fourth-order valence-corrected chi connectivity index (χ4v) is 1.80. The normalized spacial score (nSPS) is 17.9. The van der Waals surface area contributed by atoms with Gasteiger partial charge in [-0.25, -0.2) is 9.97 Å². The maximum Gasteiger partial charge on any atom is 0.132 e. The van der Waals surface area contributed by atoms with Gasteiger partial charge >= 0.3 is 0 Å². The second-order valence-corrected chi connectivity index (χ2v) is 3.70. The van der Waals surface area contributed by atoms with E-state index in [9.17, 15) is 0 Å². The number of aromatic nitrogens is 2. The minimum atomic E-state index is 0.532. The Labute approximate surface area is 82.8 Å². The zero-order valence-corrected chi connectivity index (χ0v) is 8.17. The summed E-state index contributed by atoms with van der Waals surface area (Å²) in [6.45, 7) is 3.27. The summed E-state index contributed by atoms with van der Waals surface area (Å²) in [5.74, 6) is 0. The van der Waals surface area contributed by atoms with Crippen molar-refractivity contribution in [1.82, 2.24) is 14.9 Å². The molecule has 1 saturated heterocycles. The van der Waals surface area contributed by atoms with Gasteiger partial charge in [0.15, 0.2) is 0 Å². The molecule has 0 aliphatic carbocycles. The monoisotopic (exact) mass is 197 g/mol. The molecule has 0 spiro atoms. The van der Waals surface area contributed by atoms with Crippen LogP contribution in [-0.2, 0) is 6.54 Å². The third-order valence-corrected chi connectivity index (χ3v) is 2.48. The van der Waals surface area contributed by atoms with Crippen LogP contribution in [-0.4, -0.2) is 28.0 Å². The Morgan fingerprint density at radius 2 is 2.08 bits per heavy atom. The van der Waals surface area contributed by atoms with E-state index in [-0.39, 0.29) is 0 Å². The van der Waals surface area contributed by atoms with Crippen molar-refractivity contribution in [3.63, 3.8) is 0 Å². The van der Waals surface area contributed by atoms with E-state index in [1.165, 1.54) is 32.3 Å². The van der Waals surface area contributed by atoms with E-state index in [0.29, 0.717) is 5.15 Å². The Morgan fingerprint density at radius 3 is 2.77 bits per heavy atom. The van der Waals surface area contributed by atoms with Crippen LogP contribution in [0.3, 0.4) is 0 Å². The molecular weight excluding hydrogens is 186 g/mol. The van der Waals surface area contributed by atoms with Crippen molar-refractivity contribution >= 4 is 11.6 Å². The number of nitrogens with zero attached hydrogens (tertiary/aromatic N) is 3. The maximum absolute atomic E-state index is 5.76. The summed E-state index contributed by atoms with van der Waals surface area (Å²) in [6, 6.07) is 1.83. The zero-order chi connectivity index (χ0) is 9.10. The number of halogens is 1. The third kappa shape index (κ3) is 2.39. The molecule has 70 valence electrons. The largest absolute Gasteiger partial charge is 0.298 e. The summed E-state index contributed by atoms with van der Waals surface area (Å²) in [6.07, 6.45) is 4.13. The fourth-order valence-electron chi connectivity index (χ4n) is 1.63. The molecule has 4 heteroatoms. The molecule has 0 atom stereocenters. The third-order valence-electron chi connectivity index (χ3n) is 2.27. The summed E-state index contributed by atoms with van der Waals surface area (Å²) >= 11 is 5.76. The highest BCUT2D eigenvalue weighted by atomic mass is 35.5. The standard InChI is InChI=1S/C9H12ClN3/c10-9-5-8(11-7-12-9)6-13-3-1-2-4-13/h5,7H,1-4,6H2. The quantitative estimate of drug-likeness (QED) is 0.677. The minimum absolute atomic E-state index is 0.532. The van der Waals surface area contributed by atoms with Crippen LogP contribution in [0, 0.1) is 0 Å². The van der Waals surface area contributed by atoms with Crippen LogP contribution in [0.4, 0.5) is 0 Å². The number of likely N-dealkylation sites (tertiary alicyclic amines) is 1. The van der Waals surface area contributed by atoms with Gasteiger partial charge in [0.1, 0.15) is 11.5 Å². The smallest absolute Gasteiger partial charge is 0.132 e. The zero-order valence-electron chi connectivity index (χ0n) is 7.41. The molecule has 0 amide bonds. The Hall–Kier alpha value is -0.670. The molecule has 0 radical (unpaired) electrons. The van der Waals surface area contributed by atoms with Crippen LogP contribution in [0.1, 0.15) is 18.5 Å². The van der Waals surface area contributed by atoms with E-state index in [1.54, 1.807) is 0 Å². The molecule has 1 aliphatic heterocycles. The molecule has 0 saturated carbocycles. The molecule has 0 N–H and O–H groups in total. The Bertz CT molecular complexity index is 284. The first-order valence-electron chi connectivity index (χ1n) is 4.53. The highest BCUT2D eigenvalue weighted by Gasteiger charge is 2.12. The lowest BCUT2D eigenvalue weighted by Crippen LogP contribution is -2.19. The van der Waals surface area contributed by atoms with Crippen LogP contribution in [0.25, 0.3) is 0 Å². The molecular formula is C9H12ClN3. The molecule has 1 aromatic rings. The van der Waals surface area contributed by atoms with Gasteiger partial charge in [-0.15, -0.1) is 0 Å². The van der Waals surface area contributed by atoms with Crippen LogP contribution in [0.2, 0.25) is 5.15 Å². The Kier molecular flexibility index (Phi) is 2.76. The van der Waals surface area contributed by atoms with Gasteiger partial charge in [-0.05, 0) is 32.0 Å². The van der Waals surface area contributed by atoms with Crippen LogP contribution < -0.4 is 0 Å². The van der Waals surface area contributed by atoms with Gasteiger partial charge in [0.2, 0.25) is 0 Å². The number of hydrogen-bond acceptors (Lipinski definition) is 3. The van der Waals surface area contributed by atoms with Crippen molar-refractivity contribution in [3.05, 3.63) is 23.2 Å². The van der Waals surface area contributed by atoms with Gasteiger partial charge in [0.05, 0.1) is 5.69 Å². The van der Waals surface area contributed by atoms with E-state index in [2.05, 4.69) is 14.9 Å². The first kappa shape index (κ1) is 8.91. The van der Waals surface area contributed by atoms with Crippen molar-refractivity contribution in [1.29, 1.82) is 0 Å². The molecule has 2 heterocycles. The maximum atomic E-state index is 5.76. The second kappa shape index (κ2) is 4.03. The van der Waals surface area contributed by atoms with Crippen molar-refractivity contribution < 1.29 is 0 Å². The van der Waals surface area contributed by atoms with Crippen molar-refractivity contribution in [2.24, 2.45) is 0 Å². The van der Waals surface area contributed by atoms with Gasteiger partial charge in [-0.3, -0.25) is 4.90 Å². The van der Waals surface area contributed by atoms with E-state index in [1.807, 2.05) is 6.07 Å². The Balaban J connectivity index is 2.00. The summed E-state index contributed by atoms with van der Waals surface area (Å²) in [5.41, 5.74) is 1.02. The molecule has 1 aromatic heterocycles. The molecule has 1 aliphatic rings. The predicted molar refractivity (Wildman–Crippen MR) is 51.6 cm³/mol. The van der Waals surface area contributed by atoms with E-state index in [4.69, 9.17) is 11.6 Å². The van der Waals surface area contributed by atoms with Gasteiger partial charge in [-0.2, -0.15) is 0 Å². The van der Waals surface area contributed by atoms with Crippen LogP contribution >= 0.6 is 11.6 Å². The van der Waals surface area contributed by atoms with Crippen LogP contribution in [0.15, 0.2) is 12.4 Å². The average molecular weight is 198 g/mol. The van der Waals surface area contributed by atoms with Crippen LogP contribution in [0.5, 0.6) is 0 Å². The number of hydrogen-bond donors (Lipinski definition) is 0. The summed E-state index contributed by atoms with van der Waals surface area (Å²) < 4.78 is 0. The van der Waals surface area contributed by atoms with Gasteiger partial charge < -0.3 is 0 Å². The lowest BCUT2D eigenvalue weighted by atomic mass is 10.4.